The number of anilines is 1. The number of hydrogen-bond donors (Lipinski definition) is 1. The van der Waals surface area contributed by atoms with Crippen molar-refractivity contribution >= 4 is 5.69 Å². The molecular formula is C25H28N4O2. The smallest absolute Gasteiger partial charge is 0.232 e. The van der Waals surface area contributed by atoms with Gasteiger partial charge < -0.3 is 14.3 Å². The molecule has 0 spiro atoms. The Morgan fingerprint density at radius 1 is 1.03 bits per heavy atom. The Hall–Kier alpha value is -2.63. The molecule has 2 bridgehead atoms. The van der Waals surface area contributed by atoms with Crippen LogP contribution in [0, 0.1) is 5.41 Å². The van der Waals surface area contributed by atoms with E-state index in [-0.39, 0.29) is 5.41 Å². The van der Waals surface area contributed by atoms with E-state index in [1.807, 2.05) is 6.20 Å². The molecule has 0 atom stereocenters. The van der Waals surface area contributed by atoms with Crippen LogP contribution in [0.4, 0.5) is 5.69 Å². The molecule has 0 unspecified atom stereocenters. The summed E-state index contributed by atoms with van der Waals surface area (Å²) < 4.78 is 11.8. The Balaban J connectivity index is 1.05. The van der Waals surface area contributed by atoms with Gasteiger partial charge in [-0.15, -0.1) is 0 Å². The number of oxazole rings is 1. The number of rotatable bonds is 7. The number of fused-ring (bicyclic) bond motifs is 2. The van der Waals surface area contributed by atoms with Gasteiger partial charge in [0.15, 0.2) is 17.5 Å². The number of benzene rings is 1. The van der Waals surface area contributed by atoms with Crippen molar-refractivity contribution < 1.29 is 8.94 Å². The zero-order valence-corrected chi connectivity index (χ0v) is 17.8. The molecule has 0 saturated heterocycles. The van der Waals surface area contributed by atoms with Crippen molar-refractivity contribution in [3.05, 3.63) is 48.1 Å². The fourth-order valence-corrected chi connectivity index (χ4v) is 5.83. The minimum absolute atomic E-state index is 0.114. The van der Waals surface area contributed by atoms with Gasteiger partial charge in [-0.05, 0) is 75.3 Å². The van der Waals surface area contributed by atoms with Crippen LogP contribution in [0.2, 0.25) is 0 Å². The third kappa shape index (κ3) is 3.10. The van der Waals surface area contributed by atoms with Crippen LogP contribution in [0.1, 0.15) is 87.2 Å². The van der Waals surface area contributed by atoms with Crippen LogP contribution < -0.4 is 5.32 Å². The predicted molar refractivity (Wildman–Crippen MR) is 116 cm³/mol. The molecule has 31 heavy (non-hydrogen) atoms. The van der Waals surface area contributed by atoms with E-state index in [9.17, 15) is 0 Å². The normalized spacial score (nSPS) is 29.5. The van der Waals surface area contributed by atoms with Crippen LogP contribution in [0.25, 0.3) is 11.3 Å². The fraction of sp³-hybridized carbons (Fsp3) is 0.560. The third-order valence-corrected chi connectivity index (χ3v) is 8.08. The van der Waals surface area contributed by atoms with E-state index >= 15 is 0 Å². The minimum Gasteiger partial charge on any atom is -0.440 e. The monoisotopic (exact) mass is 416 g/mol. The summed E-state index contributed by atoms with van der Waals surface area (Å²) in [5, 5.41) is 8.02. The maximum Gasteiger partial charge on any atom is 0.232 e. The fourth-order valence-electron chi connectivity index (χ4n) is 5.83. The third-order valence-electron chi connectivity index (χ3n) is 8.08. The maximum atomic E-state index is 6.00. The Morgan fingerprint density at radius 2 is 1.87 bits per heavy atom. The van der Waals surface area contributed by atoms with Crippen LogP contribution >= 0.6 is 0 Å². The quantitative estimate of drug-likeness (QED) is 0.525. The second-order valence-corrected chi connectivity index (χ2v) is 10.5. The van der Waals surface area contributed by atoms with Crippen LogP contribution in [0.3, 0.4) is 0 Å². The van der Waals surface area contributed by atoms with E-state index < -0.39 is 0 Å². The lowest BCUT2D eigenvalue weighted by Gasteiger charge is -2.27. The standard InChI is InChI=1S/C25H28N4O2/c1-2-18(20-13-26-22(30-20)17-6-7-17)12-19(3-1)27-15-24-8-10-25(14-24,11-9-24)23-28-21(29-31-23)16-4-5-16/h1-3,12-13,16-17,27H,4-11,14-15H2. The SMILES string of the molecule is c1cc(NCC23CCC(c4nc(C5CC5)no4)(CC2)C3)cc(-c2cnc(C3CC3)o2)c1. The maximum absolute atomic E-state index is 6.00. The number of hydrogen-bond acceptors (Lipinski definition) is 6. The van der Waals surface area contributed by atoms with Gasteiger partial charge in [-0.3, -0.25) is 0 Å². The largest absolute Gasteiger partial charge is 0.440 e. The molecule has 6 heteroatoms. The minimum atomic E-state index is 0.114. The van der Waals surface area contributed by atoms with Crippen molar-refractivity contribution in [2.45, 2.75) is 75.0 Å². The van der Waals surface area contributed by atoms with Crippen molar-refractivity contribution in [2.75, 3.05) is 11.9 Å². The lowest BCUT2D eigenvalue weighted by atomic mass is 9.82. The molecule has 4 aliphatic rings. The molecular weight excluding hydrogens is 388 g/mol. The average molecular weight is 417 g/mol. The van der Waals surface area contributed by atoms with Gasteiger partial charge in [0.2, 0.25) is 5.89 Å². The van der Waals surface area contributed by atoms with Gasteiger partial charge in [-0.2, -0.15) is 4.98 Å². The Morgan fingerprint density at radius 3 is 2.68 bits per heavy atom. The molecule has 2 aromatic heterocycles. The Labute approximate surface area is 181 Å². The molecule has 1 N–H and O–H groups in total. The van der Waals surface area contributed by atoms with Crippen molar-refractivity contribution in [3.8, 4) is 11.3 Å². The molecule has 0 aliphatic heterocycles. The molecule has 1 aromatic carbocycles. The first-order chi connectivity index (χ1) is 15.2. The lowest BCUT2D eigenvalue weighted by molar-refractivity contribution is 0.272. The van der Waals surface area contributed by atoms with E-state index in [0.717, 1.165) is 47.6 Å². The highest BCUT2D eigenvalue weighted by Gasteiger charge is 2.57. The Bertz CT molecular complexity index is 1120. The number of nitrogens with zero attached hydrogens (tertiary/aromatic N) is 3. The van der Waals surface area contributed by atoms with Gasteiger partial charge in [0, 0.05) is 29.6 Å². The molecule has 0 amide bonds. The van der Waals surface area contributed by atoms with Crippen molar-refractivity contribution in [3.63, 3.8) is 0 Å². The van der Waals surface area contributed by atoms with Gasteiger partial charge in [0.25, 0.3) is 0 Å². The van der Waals surface area contributed by atoms with Gasteiger partial charge in [-0.1, -0.05) is 17.3 Å². The van der Waals surface area contributed by atoms with Crippen LogP contribution in [-0.2, 0) is 5.41 Å². The number of aromatic nitrogens is 3. The van der Waals surface area contributed by atoms with E-state index in [0.29, 0.717) is 17.3 Å². The molecule has 4 aliphatic carbocycles. The average Bonchev–Trinajstić information content (AvgIpc) is 3.64. The van der Waals surface area contributed by atoms with Crippen molar-refractivity contribution in [2.24, 2.45) is 5.41 Å². The highest BCUT2D eigenvalue weighted by molar-refractivity contribution is 5.63. The summed E-state index contributed by atoms with van der Waals surface area (Å²) >= 11 is 0. The summed E-state index contributed by atoms with van der Waals surface area (Å²) in [7, 11) is 0. The molecule has 2 heterocycles. The van der Waals surface area contributed by atoms with Crippen LogP contribution in [0.5, 0.6) is 0 Å². The predicted octanol–water partition coefficient (Wildman–Crippen LogP) is 5.79. The highest BCUT2D eigenvalue weighted by Crippen LogP contribution is 2.62. The van der Waals surface area contributed by atoms with Crippen LogP contribution in [-0.4, -0.2) is 21.7 Å². The molecule has 0 radical (unpaired) electrons. The summed E-state index contributed by atoms with van der Waals surface area (Å²) in [6, 6.07) is 8.53. The van der Waals surface area contributed by atoms with Gasteiger partial charge in [-0.25, -0.2) is 4.98 Å². The second-order valence-electron chi connectivity index (χ2n) is 10.5. The van der Waals surface area contributed by atoms with Crippen molar-refractivity contribution in [1.29, 1.82) is 0 Å². The lowest BCUT2D eigenvalue weighted by Crippen LogP contribution is -2.24. The van der Waals surface area contributed by atoms with Gasteiger partial charge in [0.1, 0.15) is 0 Å². The molecule has 160 valence electrons. The second kappa shape index (κ2) is 6.44. The zero-order valence-electron chi connectivity index (χ0n) is 17.8. The number of nitrogens with one attached hydrogen (secondary N) is 1. The van der Waals surface area contributed by atoms with Crippen LogP contribution in [0.15, 0.2) is 39.4 Å². The summed E-state index contributed by atoms with van der Waals surface area (Å²) in [6.07, 6.45) is 12.7. The van der Waals surface area contributed by atoms with Gasteiger partial charge in [0.05, 0.1) is 11.6 Å². The first kappa shape index (κ1) is 18.0. The van der Waals surface area contributed by atoms with Crippen molar-refractivity contribution in [1.82, 2.24) is 15.1 Å². The highest BCUT2D eigenvalue weighted by atomic mass is 16.5. The molecule has 6 nitrogen and oxygen atoms in total. The Kier molecular flexibility index (Phi) is 3.74. The summed E-state index contributed by atoms with van der Waals surface area (Å²) in [5.74, 6) is 4.71. The molecule has 4 saturated carbocycles. The topological polar surface area (TPSA) is 77.0 Å². The van der Waals surface area contributed by atoms with Gasteiger partial charge >= 0.3 is 0 Å². The summed E-state index contributed by atoms with van der Waals surface area (Å²) in [5.41, 5.74) is 2.68. The summed E-state index contributed by atoms with van der Waals surface area (Å²) in [4.78, 5) is 9.29. The molecule has 4 fully saturated rings. The first-order valence-electron chi connectivity index (χ1n) is 11.8. The van der Waals surface area contributed by atoms with E-state index in [4.69, 9.17) is 13.9 Å². The summed E-state index contributed by atoms with van der Waals surface area (Å²) in [6.45, 7) is 0.992. The first-order valence-corrected chi connectivity index (χ1v) is 11.8. The molecule has 7 rings (SSSR count). The van der Waals surface area contributed by atoms with E-state index in [1.165, 1.54) is 51.4 Å². The zero-order chi connectivity index (χ0) is 20.5. The molecule has 3 aromatic rings. The van der Waals surface area contributed by atoms with E-state index in [2.05, 4.69) is 39.7 Å². The van der Waals surface area contributed by atoms with E-state index in [1.54, 1.807) is 0 Å².